The number of fused-ring (bicyclic) bond motifs is 1. The minimum Gasteiger partial charge on any atom is -0.481 e. The van der Waals surface area contributed by atoms with E-state index in [1.54, 1.807) is 10.9 Å². The second-order valence-corrected chi connectivity index (χ2v) is 6.44. The Bertz CT molecular complexity index is 763. The van der Waals surface area contributed by atoms with Crippen LogP contribution in [0.4, 0.5) is 0 Å². The molecule has 2 aromatic heterocycles. The van der Waals surface area contributed by atoms with Crippen molar-refractivity contribution in [2.75, 3.05) is 6.54 Å². The van der Waals surface area contributed by atoms with Gasteiger partial charge in [-0.15, -0.1) is 0 Å². The summed E-state index contributed by atoms with van der Waals surface area (Å²) < 4.78 is 3.61. The van der Waals surface area contributed by atoms with Crippen LogP contribution in [0.5, 0.6) is 0 Å². The van der Waals surface area contributed by atoms with Gasteiger partial charge in [-0.25, -0.2) is 0 Å². The average Bonchev–Trinajstić information content (AvgIpc) is 3.10. The normalized spacial score (nSPS) is 21.1. The molecule has 1 aliphatic carbocycles. The molecular formula is C16H23N5O3. The van der Waals surface area contributed by atoms with Crippen molar-refractivity contribution < 1.29 is 14.7 Å². The second kappa shape index (κ2) is 6.62. The zero-order chi connectivity index (χ0) is 17.3. The number of aryl methyl sites for hydroxylation is 2. The Kier molecular flexibility index (Phi) is 4.55. The van der Waals surface area contributed by atoms with Crippen LogP contribution in [-0.4, -0.2) is 43.1 Å². The van der Waals surface area contributed by atoms with Crippen LogP contribution in [0.1, 0.15) is 31.4 Å². The van der Waals surface area contributed by atoms with E-state index in [1.165, 1.54) is 0 Å². The van der Waals surface area contributed by atoms with Crippen LogP contribution in [0, 0.1) is 18.8 Å². The molecule has 8 nitrogen and oxygen atoms in total. The molecule has 8 heteroatoms. The van der Waals surface area contributed by atoms with Gasteiger partial charge in [0.1, 0.15) is 11.0 Å². The van der Waals surface area contributed by atoms with Crippen molar-refractivity contribution in [2.45, 2.75) is 39.2 Å². The zero-order valence-corrected chi connectivity index (χ0v) is 14.0. The van der Waals surface area contributed by atoms with Crippen molar-refractivity contribution in [3.63, 3.8) is 0 Å². The first-order valence-electron chi connectivity index (χ1n) is 8.34. The summed E-state index contributed by atoms with van der Waals surface area (Å²) >= 11 is 0. The molecule has 2 atom stereocenters. The number of aliphatic carboxylic acids is 1. The van der Waals surface area contributed by atoms with E-state index in [1.807, 2.05) is 18.7 Å². The Morgan fingerprint density at radius 3 is 2.75 bits per heavy atom. The van der Waals surface area contributed by atoms with Crippen LogP contribution < -0.4 is 5.32 Å². The number of hydrogen-bond acceptors (Lipinski definition) is 4. The highest BCUT2D eigenvalue weighted by atomic mass is 16.4. The van der Waals surface area contributed by atoms with Gasteiger partial charge in [0.05, 0.1) is 30.3 Å². The van der Waals surface area contributed by atoms with Crippen molar-refractivity contribution in [1.82, 2.24) is 24.9 Å². The monoisotopic (exact) mass is 333 g/mol. The topological polar surface area (TPSA) is 102 Å². The van der Waals surface area contributed by atoms with Gasteiger partial charge in [0.25, 0.3) is 0 Å². The summed E-state index contributed by atoms with van der Waals surface area (Å²) in [4.78, 5) is 23.7. The standard InChI is InChI=1S/C16H23N5O3/c1-10-14-13(20(2)19-10)9-18-21(14)8-7-17-15(22)11-5-3-4-6-12(11)16(23)24/h9,11-12H,3-8H2,1-2H3,(H,17,22)(H,23,24)/t11-,12-/m0/s1. The van der Waals surface area contributed by atoms with Crippen molar-refractivity contribution in [3.05, 3.63) is 11.9 Å². The summed E-state index contributed by atoms with van der Waals surface area (Å²) in [5.74, 6) is -2.01. The van der Waals surface area contributed by atoms with Gasteiger partial charge in [0.2, 0.25) is 5.91 Å². The molecule has 0 saturated heterocycles. The van der Waals surface area contributed by atoms with Gasteiger partial charge in [-0.1, -0.05) is 12.8 Å². The van der Waals surface area contributed by atoms with Crippen LogP contribution in [0.3, 0.4) is 0 Å². The molecule has 1 aliphatic rings. The predicted octanol–water partition coefficient (Wildman–Crippen LogP) is 1.09. The smallest absolute Gasteiger partial charge is 0.307 e. The van der Waals surface area contributed by atoms with Crippen molar-refractivity contribution >= 4 is 22.9 Å². The molecule has 1 fully saturated rings. The van der Waals surface area contributed by atoms with Gasteiger partial charge < -0.3 is 10.4 Å². The lowest BCUT2D eigenvalue weighted by atomic mass is 9.79. The van der Waals surface area contributed by atoms with E-state index >= 15 is 0 Å². The molecule has 3 rings (SSSR count). The zero-order valence-electron chi connectivity index (χ0n) is 14.0. The first kappa shape index (κ1) is 16.5. The predicted molar refractivity (Wildman–Crippen MR) is 87.3 cm³/mol. The maximum atomic E-state index is 12.4. The van der Waals surface area contributed by atoms with E-state index in [0.717, 1.165) is 29.6 Å². The molecule has 2 heterocycles. The molecule has 0 aliphatic heterocycles. The Morgan fingerprint density at radius 2 is 2.04 bits per heavy atom. The van der Waals surface area contributed by atoms with E-state index in [0.29, 0.717) is 25.9 Å². The summed E-state index contributed by atoms with van der Waals surface area (Å²) in [5, 5.41) is 20.9. The molecule has 0 unspecified atom stereocenters. The fourth-order valence-electron chi connectivity index (χ4n) is 3.64. The number of hydrogen-bond donors (Lipinski definition) is 2. The fourth-order valence-corrected chi connectivity index (χ4v) is 3.64. The minimum atomic E-state index is -0.866. The lowest BCUT2D eigenvalue weighted by Gasteiger charge is -2.27. The van der Waals surface area contributed by atoms with Crippen LogP contribution in [0.15, 0.2) is 6.20 Å². The Morgan fingerprint density at radius 1 is 1.33 bits per heavy atom. The summed E-state index contributed by atoms with van der Waals surface area (Å²) in [6.07, 6.45) is 4.79. The molecule has 0 radical (unpaired) electrons. The summed E-state index contributed by atoms with van der Waals surface area (Å²) in [6, 6.07) is 0. The Labute approximate surface area is 139 Å². The maximum absolute atomic E-state index is 12.4. The molecule has 2 N–H and O–H groups in total. The number of carbonyl (C=O) groups is 2. The van der Waals surface area contributed by atoms with Crippen molar-refractivity contribution in [2.24, 2.45) is 18.9 Å². The number of carboxylic acids is 1. The number of carboxylic acid groups (broad SMARTS) is 1. The molecule has 130 valence electrons. The van der Waals surface area contributed by atoms with E-state index in [-0.39, 0.29) is 5.91 Å². The Hall–Kier alpha value is -2.38. The largest absolute Gasteiger partial charge is 0.481 e. The number of carbonyl (C=O) groups excluding carboxylic acids is 1. The molecular weight excluding hydrogens is 310 g/mol. The highest BCUT2D eigenvalue weighted by Gasteiger charge is 2.35. The first-order chi connectivity index (χ1) is 11.5. The molecule has 0 aromatic carbocycles. The second-order valence-electron chi connectivity index (χ2n) is 6.44. The molecule has 1 amide bonds. The third-order valence-electron chi connectivity index (χ3n) is 4.85. The van der Waals surface area contributed by atoms with Gasteiger partial charge in [-0.2, -0.15) is 10.2 Å². The first-order valence-corrected chi connectivity index (χ1v) is 8.34. The van der Waals surface area contributed by atoms with Crippen molar-refractivity contribution in [3.8, 4) is 0 Å². The van der Waals surface area contributed by atoms with Gasteiger partial charge in [0, 0.05) is 13.6 Å². The molecule has 2 aromatic rings. The average molecular weight is 333 g/mol. The minimum absolute atomic E-state index is 0.159. The molecule has 24 heavy (non-hydrogen) atoms. The van der Waals surface area contributed by atoms with Crippen molar-refractivity contribution in [1.29, 1.82) is 0 Å². The quantitative estimate of drug-likeness (QED) is 0.852. The van der Waals surface area contributed by atoms with Gasteiger partial charge in [-0.3, -0.25) is 19.0 Å². The summed E-state index contributed by atoms with van der Waals surface area (Å²) in [7, 11) is 1.87. The van der Waals surface area contributed by atoms with Crippen LogP contribution in [-0.2, 0) is 23.2 Å². The highest BCUT2D eigenvalue weighted by Crippen LogP contribution is 2.30. The lowest BCUT2D eigenvalue weighted by molar-refractivity contribution is -0.148. The van der Waals surface area contributed by atoms with Gasteiger partial charge in [0.15, 0.2) is 0 Å². The third kappa shape index (κ3) is 3.00. The number of aromatic nitrogens is 4. The highest BCUT2D eigenvalue weighted by molar-refractivity contribution is 5.84. The van der Waals surface area contributed by atoms with Crippen LogP contribution in [0.2, 0.25) is 0 Å². The van der Waals surface area contributed by atoms with Crippen LogP contribution >= 0.6 is 0 Å². The SMILES string of the molecule is Cc1nn(C)c2cnn(CCNC(=O)[C@H]3CCCC[C@@H]3C(=O)O)c12. The molecule has 1 saturated carbocycles. The van der Waals surface area contributed by atoms with E-state index in [2.05, 4.69) is 15.5 Å². The number of nitrogens with one attached hydrogen (secondary N) is 1. The summed E-state index contributed by atoms with van der Waals surface area (Å²) in [5.41, 5.74) is 2.82. The van der Waals surface area contributed by atoms with Gasteiger partial charge >= 0.3 is 5.97 Å². The number of rotatable bonds is 5. The Balaban J connectivity index is 1.61. The van der Waals surface area contributed by atoms with E-state index in [9.17, 15) is 14.7 Å². The van der Waals surface area contributed by atoms with Gasteiger partial charge in [-0.05, 0) is 19.8 Å². The lowest BCUT2D eigenvalue weighted by Crippen LogP contribution is -2.40. The fraction of sp³-hybridized carbons (Fsp3) is 0.625. The third-order valence-corrected chi connectivity index (χ3v) is 4.85. The number of amides is 1. The number of nitrogens with zero attached hydrogens (tertiary/aromatic N) is 4. The van der Waals surface area contributed by atoms with E-state index < -0.39 is 17.8 Å². The summed E-state index contributed by atoms with van der Waals surface area (Å²) in [6.45, 7) is 2.89. The molecule has 0 bridgehead atoms. The van der Waals surface area contributed by atoms with E-state index in [4.69, 9.17) is 0 Å². The van der Waals surface area contributed by atoms with Crippen LogP contribution in [0.25, 0.3) is 11.0 Å². The molecule has 0 spiro atoms. The maximum Gasteiger partial charge on any atom is 0.307 e.